The molecule has 0 fully saturated rings. The van der Waals surface area contributed by atoms with Crippen LogP contribution in [0.4, 0.5) is 0 Å². The van der Waals surface area contributed by atoms with Gasteiger partial charge in [0.1, 0.15) is 18.1 Å². The van der Waals surface area contributed by atoms with Gasteiger partial charge in [-0.2, -0.15) is 5.10 Å². The van der Waals surface area contributed by atoms with E-state index in [1.165, 1.54) is 24.7 Å². The molecule has 0 aliphatic carbocycles. The zero-order valence-corrected chi connectivity index (χ0v) is 21.7. The molecule has 2 aromatic carbocycles. The van der Waals surface area contributed by atoms with Crippen LogP contribution in [0.3, 0.4) is 0 Å². The normalized spacial score (nSPS) is 11.1. The Bertz CT molecular complexity index is 1330. The lowest BCUT2D eigenvalue weighted by Gasteiger charge is -2.10. The molecular weight excluding hydrogens is 534 g/mol. The van der Waals surface area contributed by atoms with Gasteiger partial charge < -0.3 is 18.5 Å². The number of methoxy groups -OCH3 is 1. The molecule has 0 unspecified atom stereocenters. The van der Waals surface area contributed by atoms with E-state index in [0.29, 0.717) is 32.3 Å². The lowest BCUT2D eigenvalue weighted by molar-refractivity contribution is 0.0923. The van der Waals surface area contributed by atoms with Gasteiger partial charge >= 0.3 is 5.91 Å². The highest BCUT2D eigenvalue weighted by molar-refractivity contribution is 9.10. The van der Waals surface area contributed by atoms with Crippen molar-refractivity contribution in [2.75, 3.05) is 7.11 Å². The highest BCUT2D eigenvalue weighted by Gasteiger charge is 2.12. The molecule has 9 heteroatoms. The van der Waals surface area contributed by atoms with Crippen LogP contribution in [-0.2, 0) is 6.61 Å². The first-order chi connectivity index (χ1) is 16.9. The van der Waals surface area contributed by atoms with Crippen molar-refractivity contribution in [3.63, 3.8) is 0 Å². The summed E-state index contributed by atoms with van der Waals surface area (Å²) in [5.41, 5.74) is 6.53. The fraction of sp³-hybridized carbons (Fsp3) is 0.154. The molecule has 35 heavy (non-hydrogen) atoms. The Morgan fingerprint density at radius 3 is 2.49 bits per heavy atom. The molecule has 0 radical (unpaired) electrons. The molecule has 0 aliphatic heterocycles. The van der Waals surface area contributed by atoms with Crippen LogP contribution in [0.2, 0.25) is 5.02 Å². The van der Waals surface area contributed by atoms with Gasteiger partial charge in [-0.1, -0.05) is 11.6 Å². The van der Waals surface area contributed by atoms with E-state index in [0.717, 1.165) is 5.69 Å². The Morgan fingerprint density at radius 1 is 1.11 bits per heavy atom. The smallest absolute Gasteiger partial charge is 0.307 e. The molecule has 0 bridgehead atoms. The summed E-state index contributed by atoms with van der Waals surface area (Å²) >= 11 is 9.54. The lowest BCUT2D eigenvalue weighted by atomic mass is 10.2. The van der Waals surface area contributed by atoms with Crippen molar-refractivity contribution in [1.82, 2.24) is 9.99 Å². The van der Waals surface area contributed by atoms with Gasteiger partial charge in [-0.05, 0) is 96.0 Å². The third-order valence-corrected chi connectivity index (χ3v) is 6.11. The van der Waals surface area contributed by atoms with E-state index < -0.39 is 5.91 Å². The van der Waals surface area contributed by atoms with Gasteiger partial charge in [-0.15, -0.1) is 0 Å². The fourth-order valence-electron chi connectivity index (χ4n) is 3.57. The molecule has 4 aromatic rings. The standard InChI is InChI=1S/C26H23BrClN3O4/c1-16-4-5-17(2)31(16)19-6-8-20(9-7-19)34-15-21-10-11-24(35-21)26(32)30-29-14-18-12-22(27)25(33-3)23(28)13-18/h4-14H,15H2,1-3H3,(H,30,32)/b29-14+. The Labute approximate surface area is 216 Å². The predicted octanol–water partition coefficient (Wildman–Crippen LogP) is 6.45. The van der Waals surface area contributed by atoms with Crippen molar-refractivity contribution in [3.05, 3.63) is 98.6 Å². The molecule has 0 saturated heterocycles. The number of aryl methyl sites for hydroxylation is 2. The first-order valence-corrected chi connectivity index (χ1v) is 11.9. The minimum Gasteiger partial charge on any atom is -0.494 e. The number of halogens is 2. The molecule has 180 valence electrons. The molecule has 0 atom stereocenters. The average molecular weight is 557 g/mol. The highest BCUT2D eigenvalue weighted by atomic mass is 79.9. The van der Waals surface area contributed by atoms with Crippen LogP contribution >= 0.6 is 27.5 Å². The molecule has 2 aromatic heterocycles. The van der Waals surface area contributed by atoms with Crippen LogP contribution in [0.15, 0.2) is 74.7 Å². The number of aromatic nitrogens is 1. The van der Waals surface area contributed by atoms with Crippen molar-refractivity contribution in [2.24, 2.45) is 5.10 Å². The maximum atomic E-state index is 12.3. The summed E-state index contributed by atoms with van der Waals surface area (Å²) in [4.78, 5) is 12.3. The van der Waals surface area contributed by atoms with Gasteiger partial charge in [0.25, 0.3) is 0 Å². The maximum Gasteiger partial charge on any atom is 0.307 e. The third kappa shape index (κ3) is 5.78. The van der Waals surface area contributed by atoms with E-state index in [1.54, 1.807) is 24.3 Å². The SMILES string of the molecule is COc1c(Cl)cc(/C=N/NC(=O)c2ccc(COc3ccc(-n4c(C)ccc4C)cc3)o2)cc1Br. The molecule has 1 N–H and O–H groups in total. The number of benzene rings is 2. The van der Waals surface area contributed by atoms with Crippen LogP contribution in [0.1, 0.15) is 33.3 Å². The molecule has 0 saturated carbocycles. The summed E-state index contributed by atoms with van der Waals surface area (Å²) in [6.45, 7) is 4.33. The van der Waals surface area contributed by atoms with E-state index in [9.17, 15) is 4.79 Å². The first-order valence-electron chi connectivity index (χ1n) is 10.7. The topological polar surface area (TPSA) is 78.0 Å². The zero-order valence-electron chi connectivity index (χ0n) is 19.3. The quantitative estimate of drug-likeness (QED) is 0.200. The zero-order chi connectivity index (χ0) is 24.9. The number of hydrogen-bond donors (Lipinski definition) is 1. The number of carbonyl (C=O) groups is 1. The average Bonchev–Trinajstić information content (AvgIpc) is 3.44. The monoisotopic (exact) mass is 555 g/mol. The van der Waals surface area contributed by atoms with Crippen molar-refractivity contribution >= 4 is 39.7 Å². The summed E-state index contributed by atoms with van der Waals surface area (Å²) < 4.78 is 19.4. The number of nitrogens with one attached hydrogen (secondary N) is 1. The number of hydrogen-bond acceptors (Lipinski definition) is 5. The Kier molecular flexibility index (Phi) is 7.63. The molecule has 0 spiro atoms. The number of carbonyl (C=O) groups excluding carboxylic acids is 1. The van der Waals surface area contributed by atoms with E-state index >= 15 is 0 Å². The fourth-order valence-corrected chi connectivity index (χ4v) is 4.63. The molecular formula is C26H23BrClN3O4. The van der Waals surface area contributed by atoms with Gasteiger partial charge in [0.2, 0.25) is 0 Å². The second kappa shape index (κ2) is 10.8. The minimum absolute atomic E-state index is 0.128. The molecule has 4 rings (SSSR count). The van der Waals surface area contributed by atoms with E-state index in [1.807, 2.05) is 24.3 Å². The van der Waals surface area contributed by atoms with Crippen LogP contribution in [0.25, 0.3) is 5.69 Å². The lowest BCUT2D eigenvalue weighted by Crippen LogP contribution is -2.16. The van der Waals surface area contributed by atoms with Crippen LogP contribution in [0, 0.1) is 13.8 Å². The minimum atomic E-state index is -0.479. The van der Waals surface area contributed by atoms with Crippen LogP contribution in [-0.4, -0.2) is 23.8 Å². The Balaban J connectivity index is 1.32. The molecule has 0 aliphatic rings. The summed E-state index contributed by atoms with van der Waals surface area (Å²) in [7, 11) is 1.53. The van der Waals surface area contributed by atoms with Crippen molar-refractivity contribution in [2.45, 2.75) is 20.5 Å². The summed E-state index contributed by atoms with van der Waals surface area (Å²) in [6, 6.07) is 18.7. The van der Waals surface area contributed by atoms with E-state index in [2.05, 4.69) is 57.0 Å². The van der Waals surface area contributed by atoms with Gasteiger partial charge in [0.05, 0.1) is 22.8 Å². The van der Waals surface area contributed by atoms with Gasteiger partial charge in [0.15, 0.2) is 11.5 Å². The van der Waals surface area contributed by atoms with Crippen molar-refractivity contribution < 1.29 is 18.7 Å². The summed E-state index contributed by atoms with van der Waals surface area (Å²) in [5, 5.41) is 4.39. The maximum absolute atomic E-state index is 12.3. The van der Waals surface area contributed by atoms with Gasteiger partial charge in [0, 0.05) is 17.1 Å². The molecule has 2 heterocycles. The van der Waals surface area contributed by atoms with Crippen molar-refractivity contribution in [1.29, 1.82) is 0 Å². The second-order valence-electron chi connectivity index (χ2n) is 7.72. The third-order valence-electron chi connectivity index (χ3n) is 5.24. The number of hydrazone groups is 1. The second-order valence-corrected chi connectivity index (χ2v) is 8.98. The predicted molar refractivity (Wildman–Crippen MR) is 139 cm³/mol. The number of nitrogens with zero attached hydrogens (tertiary/aromatic N) is 2. The van der Waals surface area contributed by atoms with E-state index in [-0.39, 0.29) is 12.4 Å². The van der Waals surface area contributed by atoms with Gasteiger partial charge in [-0.3, -0.25) is 4.79 Å². The van der Waals surface area contributed by atoms with Crippen LogP contribution < -0.4 is 14.9 Å². The Hall–Kier alpha value is -3.49. The van der Waals surface area contributed by atoms with Gasteiger partial charge in [-0.25, -0.2) is 5.43 Å². The Morgan fingerprint density at radius 2 is 1.83 bits per heavy atom. The highest BCUT2D eigenvalue weighted by Crippen LogP contribution is 2.33. The number of amides is 1. The van der Waals surface area contributed by atoms with E-state index in [4.69, 9.17) is 25.5 Å². The number of furan rings is 1. The van der Waals surface area contributed by atoms with Crippen LogP contribution in [0.5, 0.6) is 11.5 Å². The van der Waals surface area contributed by atoms with Crippen molar-refractivity contribution in [3.8, 4) is 17.2 Å². The first kappa shape index (κ1) is 24.6. The molecule has 1 amide bonds. The summed E-state index contributed by atoms with van der Waals surface area (Å²) in [6.07, 6.45) is 1.47. The largest absolute Gasteiger partial charge is 0.494 e. The number of rotatable bonds is 8. The number of ether oxygens (including phenoxy) is 2. The molecule has 7 nitrogen and oxygen atoms in total. The summed E-state index contributed by atoms with van der Waals surface area (Å²) in [5.74, 6) is 1.40.